The first-order valence-corrected chi connectivity index (χ1v) is 6.98. The summed E-state index contributed by atoms with van der Waals surface area (Å²) in [5, 5.41) is 6.88. The Labute approximate surface area is 116 Å². The summed E-state index contributed by atoms with van der Waals surface area (Å²) >= 11 is 1.59. The maximum Gasteiger partial charge on any atom is 0.234 e. The highest BCUT2D eigenvalue weighted by atomic mass is 32.1. The van der Waals surface area contributed by atoms with E-state index in [0.717, 1.165) is 10.7 Å². The van der Waals surface area contributed by atoms with Crippen LogP contribution in [0.3, 0.4) is 0 Å². The molecule has 0 N–H and O–H groups in total. The van der Waals surface area contributed by atoms with Crippen LogP contribution in [-0.4, -0.2) is 20.9 Å². The Hall–Kier alpha value is -1.56. The van der Waals surface area contributed by atoms with E-state index in [1.54, 1.807) is 11.3 Å². The molecule has 2 rings (SSSR count). The smallest absolute Gasteiger partial charge is 0.234 e. The van der Waals surface area contributed by atoms with Gasteiger partial charge in [0.05, 0.1) is 23.5 Å². The third-order valence-electron chi connectivity index (χ3n) is 2.66. The lowest BCUT2D eigenvalue weighted by Crippen LogP contribution is -2.22. The van der Waals surface area contributed by atoms with E-state index in [4.69, 9.17) is 4.52 Å². The Balaban J connectivity index is 2.01. The van der Waals surface area contributed by atoms with Crippen molar-refractivity contribution in [1.82, 2.24) is 15.1 Å². The van der Waals surface area contributed by atoms with Crippen molar-refractivity contribution < 1.29 is 9.32 Å². The Morgan fingerprint density at radius 2 is 2.11 bits per heavy atom. The van der Waals surface area contributed by atoms with Gasteiger partial charge in [-0.3, -0.25) is 4.79 Å². The van der Waals surface area contributed by atoms with Crippen molar-refractivity contribution in [3.05, 3.63) is 27.8 Å². The van der Waals surface area contributed by atoms with Crippen LogP contribution in [0.25, 0.3) is 0 Å². The molecule has 2 aromatic rings. The van der Waals surface area contributed by atoms with Crippen LogP contribution in [0, 0.1) is 12.3 Å². The number of thiazole rings is 1. The molecule has 0 amide bonds. The summed E-state index contributed by atoms with van der Waals surface area (Å²) in [6.07, 6.45) is 0.726. The summed E-state index contributed by atoms with van der Waals surface area (Å²) in [6.45, 7) is 7.60. The highest BCUT2D eigenvalue weighted by molar-refractivity contribution is 7.09. The Morgan fingerprint density at radius 3 is 2.68 bits per heavy atom. The van der Waals surface area contributed by atoms with Crippen LogP contribution in [0.5, 0.6) is 0 Å². The maximum atomic E-state index is 11.9. The molecule has 102 valence electrons. The fraction of sp³-hybridized carbons (Fsp3) is 0.538. The minimum Gasteiger partial charge on any atom is -0.339 e. The second-order valence-electron chi connectivity index (χ2n) is 5.49. The zero-order chi connectivity index (χ0) is 14.0. The highest BCUT2D eigenvalue weighted by Crippen LogP contribution is 2.17. The Bertz CT molecular complexity index is 581. The molecule has 0 saturated carbocycles. The van der Waals surface area contributed by atoms with E-state index < -0.39 is 0 Å². The lowest BCUT2D eigenvalue weighted by Gasteiger charge is -2.14. The first-order chi connectivity index (χ1) is 8.84. The molecule has 0 saturated heterocycles. The Kier molecular flexibility index (Phi) is 3.80. The standard InChI is InChI=1S/C13H17N3O2S/c1-8-14-9(7-19-8)5-11-15-12(18-16-11)6-10(17)13(2,3)4/h7H,5-6H2,1-4H3. The number of hydrogen-bond donors (Lipinski definition) is 0. The van der Waals surface area contributed by atoms with E-state index in [2.05, 4.69) is 15.1 Å². The SMILES string of the molecule is Cc1nc(Cc2noc(CC(=O)C(C)(C)C)n2)cs1. The molecule has 6 heteroatoms. The third-order valence-corrected chi connectivity index (χ3v) is 3.49. The number of aromatic nitrogens is 3. The number of carbonyl (C=O) groups excluding carboxylic acids is 1. The number of Topliss-reactive ketones (excluding diaryl/α,β-unsaturated/α-hetero) is 1. The van der Waals surface area contributed by atoms with Gasteiger partial charge in [0.2, 0.25) is 5.89 Å². The molecule has 0 spiro atoms. The number of carbonyl (C=O) groups is 1. The molecule has 0 radical (unpaired) electrons. The summed E-state index contributed by atoms with van der Waals surface area (Å²) in [5.41, 5.74) is 0.540. The number of hydrogen-bond acceptors (Lipinski definition) is 6. The van der Waals surface area contributed by atoms with E-state index >= 15 is 0 Å². The van der Waals surface area contributed by atoms with Crippen LogP contribution in [0.15, 0.2) is 9.90 Å². The number of aryl methyl sites for hydroxylation is 1. The summed E-state index contributed by atoms with van der Waals surface area (Å²) < 4.78 is 5.10. The molecular weight excluding hydrogens is 262 g/mol. The second kappa shape index (κ2) is 5.21. The molecule has 0 bridgehead atoms. The molecule has 19 heavy (non-hydrogen) atoms. The van der Waals surface area contributed by atoms with Crippen LogP contribution in [0.1, 0.15) is 43.2 Å². The van der Waals surface area contributed by atoms with Crippen molar-refractivity contribution in [1.29, 1.82) is 0 Å². The molecule has 2 heterocycles. The van der Waals surface area contributed by atoms with Crippen LogP contribution >= 0.6 is 11.3 Å². The second-order valence-corrected chi connectivity index (χ2v) is 6.55. The van der Waals surface area contributed by atoms with Crippen molar-refractivity contribution in [2.75, 3.05) is 0 Å². The van der Waals surface area contributed by atoms with Gasteiger partial charge in [-0.2, -0.15) is 4.98 Å². The minimum atomic E-state index is -0.388. The summed E-state index contributed by atoms with van der Waals surface area (Å²) in [5.74, 6) is 1.04. The van der Waals surface area contributed by atoms with E-state index in [0.29, 0.717) is 18.1 Å². The topological polar surface area (TPSA) is 68.9 Å². The maximum absolute atomic E-state index is 11.9. The van der Waals surface area contributed by atoms with Gasteiger partial charge in [0.15, 0.2) is 5.82 Å². The summed E-state index contributed by atoms with van der Waals surface area (Å²) in [6, 6.07) is 0. The van der Waals surface area contributed by atoms with Gasteiger partial charge >= 0.3 is 0 Å². The number of ketones is 1. The predicted molar refractivity (Wildman–Crippen MR) is 72.1 cm³/mol. The summed E-state index contributed by atoms with van der Waals surface area (Å²) in [7, 11) is 0. The zero-order valence-electron chi connectivity index (χ0n) is 11.6. The predicted octanol–water partition coefficient (Wildman–Crippen LogP) is 2.58. The first-order valence-electron chi connectivity index (χ1n) is 6.10. The molecule has 2 aromatic heterocycles. The molecule has 0 aliphatic heterocycles. The van der Waals surface area contributed by atoms with Gasteiger partial charge < -0.3 is 4.52 Å². The van der Waals surface area contributed by atoms with Gasteiger partial charge in [-0.15, -0.1) is 11.3 Å². The summed E-state index contributed by atoms with van der Waals surface area (Å²) in [4.78, 5) is 20.4. The normalized spacial score (nSPS) is 11.8. The average molecular weight is 279 g/mol. The molecular formula is C13H17N3O2S. The largest absolute Gasteiger partial charge is 0.339 e. The van der Waals surface area contributed by atoms with Gasteiger partial charge in [0.25, 0.3) is 0 Å². The van der Waals surface area contributed by atoms with Gasteiger partial charge in [0, 0.05) is 10.8 Å². The average Bonchev–Trinajstić information content (AvgIpc) is 2.88. The van der Waals surface area contributed by atoms with Crippen LogP contribution in [0.4, 0.5) is 0 Å². The monoisotopic (exact) mass is 279 g/mol. The number of rotatable bonds is 4. The minimum absolute atomic E-state index is 0.0900. The van der Waals surface area contributed by atoms with Crippen molar-refractivity contribution >= 4 is 17.1 Å². The molecule has 0 aliphatic carbocycles. The van der Waals surface area contributed by atoms with Crippen LogP contribution < -0.4 is 0 Å². The van der Waals surface area contributed by atoms with Gasteiger partial charge in [0.1, 0.15) is 5.78 Å². The van der Waals surface area contributed by atoms with E-state index in [9.17, 15) is 4.79 Å². The molecule has 5 nitrogen and oxygen atoms in total. The lowest BCUT2D eigenvalue weighted by molar-refractivity contribution is -0.125. The van der Waals surface area contributed by atoms with E-state index in [1.165, 1.54) is 0 Å². The van der Waals surface area contributed by atoms with Gasteiger partial charge in [-0.1, -0.05) is 25.9 Å². The van der Waals surface area contributed by atoms with E-state index in [1.807, 2.05) is 33.1 Å². The van der Waals surface area contributed by atoms with E-state index in [-0.39, 0.29) is 17.6 Å². The Morgan fingerprint density at radius 1 is 1.37 bits per heavy atom. The fourth-order valence-corrected chi connectivity index (χ4v) is 2.10. The van der Waals surface area contributed by atoms with Crippen molar-refractivity contribution in [3.63, 3.8) is 0 Å². The quantitative estimate of drug-likeness (QED) is 0.860. The third kappa shape index (κ3) is 3.70. The van der Waals surface area contributed by atoms with Gasteiger partial charge in [-0.05, 0) is 6.92 Å². The van der Waals surface area contributed by atoms with Crippen molar-refractivity contribution in [2.24, 2.45) is 5.41 Å². The molecule has 0 fully saturated rings. The van der Waals surface area contributed by atoms with Crippen LogP contribution in [0.2, 0.25) is 0 Å². The zero-order valence-corrected chi connectivity index (χ0v) is 12.4. The number of nitrogens with zero attached hydrogens (tertiary/aromatic N) is 3. The first kappa shape index (κ1) is 13.9. The molecule has 0 aliphatic rings. The molecule has 0 aromatic carbocycles. The molecule has 0 unspecified atom stereocenters. The fourth-order valence-electron chi connectivity index (χ4n) is 1.49. The van der Waals surface area contributed by atoms with Crippen molar-refractivity contribution in [3.8, 4) is 0 Å². The van der Waals surface area contributed by atoms with Crippen molar-refractivity contribution in [2.45, 2.75) is 40.5 Å². The van der Waals surface area contributed by atoms with Gasteiger partial charge in [-0.25, -0.2) is 4.98 Å². The lowest BCUT2D eigenvalue weighted by atomic mass is 9.89. The highest BCUT2D eigenvalue weighted by Gasteiger charge is 2.23. The van der Waals surface area contributed by atoms with Crippen LogP contribution in [-0.2, 0) is 17.6 Å². The molecule has 0 atom stereocenters.